The van der Waals surface area contributed by atoms with Gasteiger partial charge in [-0.3, -0.25) is 14.3 Å². The summed E-state index contributed by atoms with van der Waals surface area (Å²) < 4.78 is 78.9. The minimum absolute atomic E-state index is 0.0362. The molecule has 0 saturated carbocycles. The van der Waals surface area contributed by atoms with Crippen LogP contribution in [0.4, 0.5) is 13.2 Å². The highest BCUT2D eigenvalue weighted by atomic mass is 35.5. The Bertz CT molecular complexity index is 1160. The maximum Gasteiger partial charge on any atom is 0.396 e. The lowest BCUT2D eigenvalue weighted by Gasteiger charge is -2.24. The van der Waals surface area contributed by atoms with Crippen LogP contribution in [-0.2, 0) is 29.1 Å². The van der Waals surface area contributed by atoms with Crippen molar-refractivity contribution in [1.29, 1.82) is 0 Å². The lowest BCUT2D eigenvalue weighted by atomic mass is 9.89. The summed E-state index contributed by atoms with van der Waals surface area (Å²) in [6.07, 6.45) is -4.73. The van der Waals surface area contributed by atoms with Crippen LogP contribution in [0.5, 0.6) is 0 Å². The van der Waals surface area contributed by atoms with E-state index >= 15 is 0 Å². The van der Waals surface area contributed by atoms with E-state index in [0.29, 0.717) is 6.08 Å². The van der Waals surface area contributed by atoms with Gasteiger partial charge in [0.15, 0.2) is 5.92 Å². The van der Waals surface area contributed by atoms with Gasteiger partial charge in [-0.05, 0) is 42.8 Å². The smallest absolute Gasteiger partial charge is 0.396 e. The average molecular weight is 520 g/mol. The van der Waals surface area contributed by atoms with Crippen molar-refractivity contribution in [3.05, 3.63) is 70.8 Å². The number of hydrogen-bond donors (Lipinski definition) is 1. The monoisotopic (exact) mass is 519 g/mol. The Balaban J connectivity index is 2.72. The molecule has 0 unspecified atom stereocenters. The molecule has 12 heteroatoms. The fraction of sp³-hybridized carbons (Fsp3) is 0.273. The van der Waals surface area contributed by atoms with Crippen molar-refractivity contribution in [2.75, 3.05) is 14.2 Å². The van der Waals surface area contributed by atoms with Crippen molar-refractivity contribution in [2.24, 2.45) is 11.8 Å². The summed E-state index contributed by atoms with van der Waals surface area (Å²) in [6, 6.07) is 11.0. The van der Waals surface area contributed by atoms with Crippen molar-refractivity contribution < 1.29 is 40.7 Å². The Hall–Kier alpha value is -3.05. The van der Waals surface area contributed by atoms with Crippen LogP contribution in [0, 0.1) is 18.8 Å². The van der Waals surface area contributed by atoms with Crippen molar-refractivity contribution >= 4 is 39.3 Å². The molecule has 0 heterocycles. The van der Waals surface area contributed by atoms with Gasteiger partial charge in [0.2, 0.25) is 0 Å². The van der Waals surface area contributed by atoms with Gasteiger partial charge in [0.05, 0.1) is 30.7 Å². The van der Waals surface area contributed by atoms with Gasteiger partial charge in [-0.1, -0.05) is 41.4 Å². The predicted octanol–water partition coefficient (Wildman–Crippen LogP) is 4.11. The molecule has 2 aromatic rings. The Morgan fingerprint density at radius 3 is 2.06 bits per heavy atom. The molecule has 7 nitrogen and oxygen atoms in total. The summed E-state index contributed by atoms with van der Waals surface area (Å²) >= 11 is 5.95. The Kier molecular flexibility index (Phi) is 8.73. The molecular weight excluding hydrogens is 499 g/mol. The second kappa shape index (κ2) is 10.9. The van der Waals surface area contributed by atoms with Crippen LogP contribution < -0.4 is 4.72 Å². The number of alkyl halides is 3. The second-order valence-electron chi connectivity index (χ2n) is 7.10. The molecule has 1 N–H and O–H groups in total. The van der Waals surface area contributed by atoms with E-state index < -0.39 is 45.7 Å². The summed E-state index contributed by atoms with van der Waals surface area (Å²) in [4.78, 5) is 24.0. The molecule has 0 radical (unpaired) electrons. The summed E-state index contributed by atoms with van der Waals surface area (Å²) in [5, 5.41) is 0.110. The second-order valence-corrected chi connectivity index (χ2v) is 9.22. The third-order valence-corrected chi connectivity index (χ3v) is 6.32. The molecule has 2 rings (SSSR count). The third-order valence-electron chi connectivity index (χ3n) is 4.70. The highest BCUT2D eigenvalue weighted by Crippen LogP contribution is 2.37. The summed E-state index contributed by atoms with van der Waals surface area (Å²) in [7, 11) is -2.74. The summed E-state index contributed by atoms with van der Waals surface area (Å²) in [5.41, 5.74) is 0.176. The van der Waals surface area contributed by atoms with Gasteiger partial charge in [0, 0.05) is 5.02 Å². The van der Waals surface area contributed by atoms with Crippen LogP contribution in [-0.4, -0.2) is 40.8 Å². The molecule has 34 heavy (non-hydrogen) atoms. The van der Waals surface area contributed by atoms with Crippen LogP contribution in [0.1, 0.15) is 11.1 Å². The summed E-state index contributed by atoms with van der Waals surface area (Å²) in [6.45, 7) is 1.73. The van der Waals surface area contributed by atoms with E-state index in [0.717, 1.165) is 19.8 Å². The molecule has 0 fully saturated rings. The Labute approximate surface area is 199 Å². The van der Waals surface area contributed by atoms with Crippen molar-refractivity contribution in [1.82, 2.24) is 4.72 Å². The van der Waals surface area contributed by atoms with Crippen LogP contribution >= 0.6 is 11.6 Å². The highest BCUT2D eigenvalue weighted by molar-refractivity contribution is 7.89. The molecule has 0 spiro atoms. The number of carbonyl (C=O) groups excluding carboxylic acids is 2. The minimum atomic E-state index is -5.16. The van der Waals surface area contributed by atoms with E-state index in [4.69, 9.17) is 11.6 Å². The Morgan fingerprint density at radius 2 is 1.59 bits per heavy atom. The number of methoxy groups -OCH3 is 2. The quantitative estimate of drug-likeness (QED) is 0.416. The number of allylic oxidation sites excluding steroid dienone is 1. The normalized spacial score (nSPS) is 13.4. The topological polar surface area (TPSA) is 98.8 Å². The number of sulfonamides is 1. The molecule has 0 aliphatic heterocycles. The zero-order valence-corrected chi connectivity index (χ0v) is 19.8. The summed E-state index contributed by atoms with van der Waals surface area (Å²) in [5.74, 6) is -8.23. The maximum atomic E-state index is 14.1. The zero-order valence-electron chi connectivity index (χ0n) is 18.2. The first-order chi connectivity index (χ1) is 15.8. The van der Waals surface area contributed by atoms with Crippen LogP contribution in [0.2, 0.25) is 5.02 Å². The predicted molar refractivity (Wildman–Crippen MR) is 118 cm³/mol. The van der Waals surface area contributed by atoms with Gasteiger partial charge in [-0.15, -0.1) is 0 Å². The molecule has 0 saturated heterocycles. The number of halogens is 4. The molecule has 184 valence electrons. The van der Waals surface area contributed by atoms with Crippen molar-refractivity contribution in [3.63, 3.8) is 0 Å². The van der Waals surface area contributed by atoms with Gasteiger partial charge in [0.25, 0.3) is 10.0 Å². The lowest BCUT2D eigenvalue weighted by Crippen LogP contribution is -2.40. The van der Waals surface area contributed by atoms with E-state index in [1.165, 1.54) is 48.5 Å². The van der Waals surface area contributed by atoms with Gasteiger partial charge in [0.1, 0.15) is 0 Å². The first kappa shape index (κ1) is 27.2. The first-order valence-corrected chi connectivity index (χ1v) is 11.5. The average Bonchev–Trinajstić information content (AvgIpc) is 2.77. The van der Waals surface area contributed by atoms with E-state index in [1.807, 2.05) is 0 Å². The van der Waals surface area contributed by atoms with E-state index in [2.05, 4.69) is 14.2 Å². The maximum absolute atomic E-state index is 14.1. The van der Waals surface area contributed by atoms with Gasteiger partial charge in [-0.25, -0.2) is 8.42 Å². The SMILES string of the molecule is COC(=O)C(C(=O)OC)[C@H](/C=C(/NS(=O)(=O)c1ccc(C)cc1)c1cccc(Cl)c1)C(F)(F)F. The number of hydrogen-bond acceptors (Lipinski definition) is 6. The fourth-order valence-electron chi connectivity index (χ4n) is 2.97. The largest absolute Gasteiger partial charge is 0.468 e. The highest BCUT2D eigenvalue weighted by Gasteiger charge is 2.51. The number of esters is 2. The van der Waals surface area contributed by atoms with E-state index in [9.17, 15) is 31.2 Å². The number of nitrogens with one attached hydrogen (secondary N) is 1. The number of ether oxygens (including phenoxy) is 2. The number of benzene rings is 2. The van der Waals surface area contributed by atoms with Crippen LogP contribution in [0.15, 0.2) is 59.5 Å². The van der Waals surface area contributed by atoms with Crippen molar-refractivity contribution in [2.45, 2.75) is 18.0 Å². The van der Waals surface area contributed by atoms with Gasteiger partial charge < -0.3 is 9.47 Å². The Morgan fingerprint density at radius 1 is 1.03 bits per heavy atom. The fourth-order valence-corrected chi connectivity index (χ4v) is 4.25. The molecule has 0 aliphatic rings. The van der Waals surface area contributed by atoms with E-state index in [-0.39, 0.29) is 15.5 Å². The molecule has 0 bridgehead atoms. The molecule has 1 atom stereocenters. The molecular formula is C22H21ClF3NO6S. The van der Waals surface area contributed by atoms with Gasteiger partial charge in [-0.2, -0.15) is 13.2 Å². The van der Waals surface area contributed by atoms with Crippen molar-refractivity contribution in [3.8, 4) is 0 Å². The van der Waals surface area contributed by atoms with Crippen LogP contribution in [0.25, 0.3) is 5.70 Å². The van der Waals surface area contributed by atoms with Crippen LogP contribution in [0.3, 0.4) is 0 Å². The van der Waals surface area contributed by atoms with E-state index in [1.54, 1.807) is 6.92 Å². The number of carbonyl (C=O) groups is 2. The third kappa shape index (κ3) is 6.73. The first-order valence-electron chi connectivity index (χ1n) is 9.59. The lowest BCUT2D eigenvalue weighted by molar-refractivity contribution is -0.194. The molecule has 0 aromatic heterocycles. The standard InChI is InChI=1S/C22H21ClF3NO6S/c1-13-7-9-16(10-8-13)34(30,31)27-18(14-5-4-6-15(23)11-14)12-17(22(24,25)26)19(20(28)32-2)21(29)33-3/h4-12,17,19,27H,1-3H3/b18-12+/t17-/m0/s1. The molecule has 0 amide bonds. The minimum Gasteiger partial charge on any atom is -0.468 e. The van der Waals surface area contributed by atoms with Gasteiger partial charge >= 0.3 is 18.1 Å². The molecule has 0 aliphatic carbocycles. The number of rotatable bonds is 8. The zero-order chi connectivity index (χ0) is 25.7. The number of aryl methyl sites for hydroxylation is 1. The molecule has 2 aromatic carbocycles.